The van der Waals surface area contributed by atoms with Crippen molar-refractivity contribution in [3.63, 3.8) is 0 Å². The van der Waals surface area contributed by atoms with Gasteiger partial charge in [0.1, 0.15) is 0 Å². The van der Waals surface area contributed by atoms with Crippen molar-refractivity contribution in [3.8, 4) is 0 Å². The van der Waals surface area contributed by atoms with Gasteiger partial charge in [0.25, 0.3) is 0 Å². The number of aryl methyl sites for hydroxylation is 1. The molecule has 1 aromatic carbocycles. The molecule has 0 saturated heterocycles. The summed E-state index contributed by atoms with van der Waals surface area (Å²) in [6.45, 7) is 4.39. The van der Waals surface area contributed by atoms with E-state index in [1.54, 1.807) is 17.3 Å². The first kappa shape index (κ1) is 16.7. The zero-order chi connectivity index (χ0) is 16.7. The number of nitrogens with one attached hydrogen (secondary N) is 1. The third-order valence-electron chi connectivity index (χ3n) is 3.64. The summed E-state index contributed by atoms with van der Waals surface area (Å²) in [5.74, 6) is -0.294. The van der Waals surface area contributed by atoms with Crippen LogP contribution in [0.3, 0.4) is 0 Å². The van der Waals surface area contributed by atoms with E-state index in [-0.39, 0.29) is 18.4 Å². The van der Waals surface area contributed by atoms with Crippen LogP contribution in [0.15, 0.2) is 48.8 Å². The normalized spacial score (nSPS) is 10.2. The molecule has 23 heavy (non-hydrogen) atoms. The summed E-state index contributed by atoms with van der Waals surface area (Å²) in [4.78, 5) is 29.4. The van der Waals surface area contributed by atoms with Crippen LogP contribution in [0.2, 0.25) is 0 Å². The molecule has 0 atom stereocenters. The minimum Gasteiger partial charge on any atom is -0.350 e. The zero-order valence-electron chi connectivity index (χ0n) is 13.5. The Labute approximate surface area is 136 Å². The summed E-state index contributed by atoms with van der Waals surface area (Å²) < 4.78 is 0. The topological polar surface area (TPSA) is 62.3 Å². The van der Waals surface area contributed by atoms with Gasteiger partial charge in [-0.1, -0.05) is 24.3 Å². The molecule has 2 amide bonds. The molecule has 0 fully saturated rings. The number of hydrogen-bond acceptors (Lipinski definition) is 3. The maximum absolute atomic E-state index is 12.1. The number of aromatic nitrogens is 1. The lowest BCUT2D eigenvalue weighted by Crippen LogP contribution is -2.39. The van der Waals surface area contributed by atoms with Crippen molar-refractivity contribution < 1.29 is 9.59 Å². The van der Waals surface area contributed by atoms with Crippen LogP contribution in [0.25, 0.3) is 0 Å². The Kier molecular flexibility index (Phi) is 5.86. The number of pyridine rings is 1. The summed E-state index contributed by atoms with van der Waals surface area (Å²) in [6, 6.07) is 11.5. The van der Waals surface area contributed by atoms with Crippen molar-refractivity contribution in [1.29, 1.82) is 0 Å². The smallest absolute Gasteiger partial charge is 0.239 e. The van der Waals surface area contributed by atoms with Gasteiger partial charge in [-0.3, -0.25) is 14.6 Å². The summed E-state index contributed by atoms with van der Waals surface area (Å²) in [6.07, 6.45) is 3.36. The molecule has 0 radical (unpaired) electrons. The van der Waals surface area contributed by atoms with Gasteiger partial charge in [-0.05, 0) is 35.7 Å². The molecule has 120 valence electrons. The molecule has 5 nitrogen and oxygen atoms in total. The lowest BCUT2D eigenvalue weighted by Gasteiger charge is -2.21. The monoisotopic (exact) mass is 311 g/mol. The van der Waals surface area contributed by atoms with Gasteiger partial charge in [0.15, 0.2) is 0 Å². The SMILES string of the molecule is CC(=O)N(CC(=O)NCc1ccncc1)Cc1ccccc1C. The van der Waals surface area contributed by atoms with E-state index in [4.69, 9.17) is 0 Å². The van der Waals surface area contributed by atoms with Crippen LogP contribution < -0.4 is 5.32 Å². The highest BCUT2D eigenvalue weighted by Crippen LogP contribution is 2.10. The summed E-state index contributed by atoms with van der Waals surface area (Å²) in [5.41, 5.74) is 3.13. The highest BCUT2D eigenvalue weighted by atomic mass is 16.2. The molecule has 0 aliphatic carbocycles. The summed E-state index contributed by atoms with van der Waals surface area (Å²) >= 11 is 0. The molecule has 1 N–H and O–H groups in total. The molecule has 5 heteroatoms. The molecule has 2 rings (SSSR count). The predicted molar refractivity (Wildman–Crippen MR) is 88.4 cm³/mol. The van der Waals surface area contributed by atoms with Crippen LogP contribution in [0.4, 0.5) is 0 Å². The highest BCUT2D eigenvalue weighted by Gasteiger charge is 2.14. The molecule has 0 aliphatic heterocycles. The van der Waals surface area contributed by atoms with E-state index in [9.17, 15) is 9.59 Å². The number of nitrogens with zero attached hydrogens (tertiary/aromatic N) is 2. The van der Waals surface area contributed by atoms with Crippen LogP contribution in [0.1, 0.15) is 23.6 Å². The fourth-order valence-corrected chi connectivity index (χ4v) is 2.20. The first-order valence-corrected chi connectivity index (χ1v) is 7.52. The summed E-state index contributed by atoms with van der Waals surface area (Å²) in [5, 5.41) is 2.82. The molecule has 0 saturated carbocycles. The molecular formula is C18H21N3O2. The number of carbonyl (C=O) groups is 2. The number of carbonyl (C=O) groups excluding carboxylic acids is 2. The van der Waals surface area contributed by atoms with Crippen LogP contribution in [-0.4, -0.2) is 28.2 Å². The highest BCUT2D eigenvalue weighted by molar-refractivity contribution is 5.83. The Morgan fingerprint density at radius 2 is 1.83 bits per heavy atom. The predicted octanol–water partition coefficient (Wildman–Crippen LogP) is 2.05. The standard InChI is InChI=1S/C18H21N3O2/c1-14-5-3-4-6-17(14)12-21(15(2)22)13-18(23)20-11-16-7-9-19-10-8-16/h3-10H,11-13H2,1-2H3,(H,20,23). The third-order valence-corrected chi connectivity index (χ3v) is 3.64. The lowest BCUT2D eigenvalue weighted by atomic mass is 10.1. The van der Waals surface area contributed by atoms with E-state index >= 15 is 0 Å². The Hall–Kier alpha value is -2.69. The van der Waals surface area contributed by atoms with Gasteiger partial charge in [-0.25, -0.2) is 0 Å². The molecular weight excluding hydrogens is 290 g/mol. The lowest BCUT2D eigenvalue weighted by molar-refractivity contribution is -0.135. The molecule has 0 unspecified atom stereocenters. The quantitative estimate of drug-likeness (QED) is 0.888. The maximum Gasteiger partial charge on any atom is 0.239 e. The number of amides is 2. The van der Waals surface area contributed by atoms with E-state index in [2.05, 4.69) is 10.3 Å². The Bertz CT molecular complexity index is 671. The van der Waals surface area contributed by atoms with Crippen molar-refractivity contribution in [2.75, 3.05) is 6.54 Å². The van der Waals surface area contributed by atoms with Gasteiger partial charge < -0.3 is 10.2 Å². The van der Waals surface area contributed by atoms with Crippen LogP contribution in [-0.2, 0) is 22.7 Å². The molecule has 0 aliphatic rings. The molecule has 1 heterocycles. The van der Waals surface area contributed by atoms with Crippen molar-refractivity contribution in [2.24, 2.45) is 0 Å². The van der Waals surface area contributed by atoms with Gasteiger partial charge in [-0.2, -0.15) is 0 Å². The molecule has 1 aromatic heterocycles. The largest absolute Gasteiger partial charge is 0.350 e. The van der Waals surface area contributed by atoms with E-state index < -0.39 is 0 Å². The minimum atomic E-state index is -0.175. The third kappa shape index (κ3) is 5.21. The van der Waals surface area contributed by atoms with Crippen molar-refractivity contribution in [1.82, 2.24) is 15.2 Å². The Balaban J connectivity index is 1.92. The zero-order valence-corrected chi connectivity index (χ0v) is 13.5. The second-order valence-electron chi connectivity index (χ2n) is 5.43. The minimum absolute atomic E-state index is 0.0503. The Morgan fingerprint density at radius 1 is 1.13 bits per heavy atom. The number of rotatable bonds is 6. The molecule has 0 bridgehead atoms. The van der Waals surface area contributed by atoms with E-state index in [0.29, 0.717) is 13.1 Å². The van der Waals surface area contributed by atoms with Crippen LogP contribution in [0, 0.1) is 6.92 Å². The average molecular weight is 311 g/mol. The van der Waals surface area contributed by atoms with Gasteiger partial charge in [0.05, 0.1) is 6.54 Å². The van der Waals surface area contributed by atoms with Gasteiger partial charge in [-0.15, -0.1) is 0 Å². The number of hydrogen-bond donors (Lipinski definition) is 1. The molecule has 0 spiro atoms. The fourth-order valence-electron chi connectivity index (χ4n) is 2.20. The van der Waals surface area contributed by atoms with E-state index in [1.165, 1.54) is 6.92 Å². The van der Waals surface area contributed by atoms with Gasteiger partial charge in [0.2, 0.25) is 11.8 Å². The van der Waals surface area contributed by atoms with Crippen molar-refractivity contribution in [3.05, 3.63) is 65.5 Å². The fraction of sp³-hybridized carbons (Fsp3) is 0.278. The van der Waals surface area contributed by atoms with Gasteiger partial charge >= 0.3 is 0 Å². The maximum atomic E-state index is 12.1. The average Bonchev–Trinajstić information content (AvgIpc) is 2.55. The summed E-state index contributed by atoms with van der Waals surface area (Å²) in [7, 11) is 0. The van der Waals surface area contributed by atoms with Crippen molar-refractivity contribution in [2.45, 2.75) is 26.9 Å². The van der Waals surface area contributed by atoms with Crippen LogP contribution >= 0.6 is 0 Å². The van der Waals surface area contributed by atoms with Crippen molar-refractivity contribution >= 4 is 11.8 Å². The first-order chi connectivity index (χ1) is 11.1. The second-order valence-corrected chi connectivity index (χ2v) is 5.43. The Morgan fingerprint density at radius 3 is 2.48 bits per heavy atom. The van der Waals surface area contributed by atoms with E-state index in [0.717, 1.165) is 16.7 Å². The first-order valence-electron chi connectivity index (χ1n) is 7.52. The molecule has 2 aromatic rings. The van der Waals surface area contributed by atoms with Gasteiger partial charge in [0, 0.05) is 32.4 Å². The van der Waals surface area contributed by atoms with E-state index in [1.807, 2.05) is 43.3 Å². The van der Waals surface area contributed by atoms with Crippen LogP contribution in [0.5, 0.6) is 0 Å². The second kappa shape index (κ2) is 8.08. The number of benzene rings is 1.